The Morgan fingerprint density at radius 3 is 1.67 bits per heavy atom. The molecule has 0 spiro atoms. The Kier molecular flexibility index (Phi) is 18.0. The number of hydrogen-bond donors (Lipinski definition) is 3. The molecule has 2 saturated heterocycles. The Balaban J connectivity index is 0.000000224. The summed E-state index contributed by atoms with van der Waals surface area (Å²) in [5.74, 6) is 1.25. The highest BCUT2D eigenvalue weighted by Gasteiger charge is 2.38. The Bertz CT molecular complexity index is 2590. The van der Waals surface area contributed by atoms with Crippen LogP contribution in [0, 0.1) is 11.6 Å². The number of aromatic amines is 1. The molecule has 2 aromatic heterocycles. The van der Waals surface area contributed by atoms with Crippen LogP contribution in [-0.4, -0.2) is 125 Å². The van der Waals surface area contributed by atoms with Crippen molar-refractivity contribution in [1.82, 2.24) is 30.2 Å². The first kappa shape index (κ1) is 52.3. The molecule has 4 aromatic rings. The number of rotatable bonds is 19. The average Bonchev–Trinajstić information content (AvgIpc) is 4.22. The molecule has 67 heavy (non-hydrogen) atoms. The molecule has 3 N–H and O–H groups in total. The second-order valence-corrected chi connectivity index (χ2v) is 29.3. The minimum Gasteiger partial charge on any atom is -0.361 e. The van der Waals surface area contributed by atoms with Crippen molar-refractivity contribution in [3.8, 4) is 0 Å². The summed E-state index contributed by atoms with van der Waals surface area (Å²) in [6, 6.07) is 15.3. The minimum atomic E-state index is -3.06. The molecule has 0 amide bonds. The molecule has 368 valence electrons. The number of hydrogen-bond acceptors (Lipinski definition) is 13. The summed E-state index contributed by atoms with van der Waals surface area (Å²) in [4.78, 5) is 40.7. The Hall–Kier alpha value is -4.05. The molecule has 4 fully saturated rings. The predicted octanol–water partition coefficient (Wildman–Crippen LogP) is 4.65. The molecule has 8 rings (SSSR count). The lowest BCUT2D eigenvalue weighted by Gasteiger charge is -2.28. The largest absolute Gasteiger partial charge is 0.361 e. The zero-order valence-electron chi connectivity index (χ0n) is 38.6. The molecular weight excluding hydrogens is 942 g/mol. The first-order valence-electron chi connectivity index (χ1n) is 23.1. The number of H-pyrrole nitrogens is 1. The Morgan fingerprint density at radius 1 is 0.716 bits per heavy atom. The molecule has 2 aliphatic heterocycles. The van der Waals surface area contributed by atoms with Gasteiger partial charge in [-0.15, -0.1) is 12.4 Å². The van der Waals surface area contributed by atoms with Crippen LogP contribution in [0.4, 0.5) is 20.4 Å². The maximum atomic E-state index is 13.2. The number of aryl methyl sites for hydroxylation is 2. The van der Waals surface area contributed by atoms with Gasteiger partial charge in [0.1, 0.15) is 18.4 Å². The van der Waals surface area contributed by atoms with E-state index in [1.807, 2.05) is 24.3 Å². The van der Waals surface area contributed by atoms with Crippen molar-refractivity contribution < 1.29 is 30.4 Å². The standard InChI is InChI=1S/C26H39FN4O4SSi.C20H25FN4O3S.ClH/c1-37(2,3)16-13-35-19-31-18-22(29-25(26(31)32)30-11-14-36(33,34)15-12-30)5-4-10-28-24-17-23(24)20-6-8-21(27)9-7-20;21-15-5-3-14(4-6-15)17-12-18(17)22-7-1-2-16-13-23-20(26)19(24-16)25-8-10-29(27,28)11-9-25;/h6-9,18,23-24,28H,4-5,10-17,19H2,1-3H3;3-6,13,17-18,22H,1-2,7-12H2,(H,23,26);1H/t23-,24+;17-,18+;/m00./s1. The van der Waals surface area contributed by atoms with Gasteiger partial charge in [0.15, 0.2) is 31.3 Å². The van der Waals surface area contributed by atoms with Crippen LogP contribution in [0.3, 0.4) is 0 Å². The van der Waals surface area contributed by atoms with Crippen molar-refractivity contribution in [2.75, 3.05) is 78.7 Å². The Morgan fingerprint density at radius 2 is 1.18 bits per heavy atom. The molecule has 15 nitrogen and oxygen atoms in total. The lowest BCUT2D eigenvalue weighted by Crippen LogP contribution is -2.44. The highest BCUT2D eigenvalue weighted by Crippen LogP contribution is 2.41. The van der Waals surface area contributed by atoms with E-state index in [0.29, 0.717) is 61.7 Å². The fraction of sp³-hybridized carbons (Fsp3) is 0.565. The fourth-order valence-electron chi connectivity index (χ4n) is 8.28. The summed E-state index contributed by atoms with van der Waals surface area (Å²) < 4.78 is 80.6. The molecule has 2 aliphatic carbocycles. The van der Waals surface area contributed by atoms with Gasteiger partial charge in [0.25, 0.3) is 11.1 Å². The summed E-state index contributed by atoms with van der Waals surface area (Å²) in [6.07, 6.45) is 8.65. The number of ether oxygens (including phenoxy) is 1. The van der Waals surface area contributed by atoms with Crippen molar-refractivity contribution in [3.05, 3.63) is 116 Å². The molecule has 21 heteroatoms. The zero-order valence-corrected chi connectivity index (χ0v) is 42.0. The maximum Gasteiger partial charge on any atom is 0.295 e. The summed E-state index contributed by atoms with van der Waals surface area (Å²) >= 11 is 0. The van der Waals surface area contributed by atoms with E-state index in [0.717, 1.165) is 68.2 Å². The van der Waals surface area contributed by atoms with Crippen molar-refractivity contribution in [2.45, 2.75) is 94.9 Å². The van der Waals surface area contributed by atoms with E-state index in [2.05, 4.69) is 45.2 Å². The van der Waals surface area contributed by atoms with E-state index in [1.165, 1.54) is 29.8 Å². The third-order valence-corrected chi connectivity index (χ3v) is 17.5. The van der Waals surface area contributed by atoms with Crippen LogP contribution in [0.25, 0.3) is 0 Å². The normalized spacial score (nSPS) is 21.7. The summed E-state index contributed by atoms with van der Waals surface area (Å²) in [7, 11) is -7.30. The van der Waals surface area contributed by atoms with E-state index in [4.69, 9.17) is 4.74 Å². The molecule has 0 radical (unpaired) electrons. The summed E-state index contributed by atoms with van der Waals surface area (Å²) in [6.45, 7) is 10.4. The number of anilines is 2. The van der Waals surface area contributed by atoms with E-state index in [9.17, 15) is 35.2 Å². The van der Waals surface area contributed by atoms with Crippen LogP contribution < -0.4 is 31.6 Å². The highest BCUT2D eigenvalue weighted by molar-refractivity contribution is 7.91. The van der Waals surface area contributed by atoms with Crippen molar-refractivity contribution in [3.63, 3.8) is 0 Å². The molecular formula is C46H65ClF2N8O7S2Si. The van der Waals surface area contributed by atoms with E-state index < -0.39 is 27.7 Å². The second kappa shape index (κ2) is 23.0. The average molecular weight is 1010 g/mol. The topological polar surface area (TPSA) is 189 Å². The SMILES string of the molecule is C[Si](C)(C)CCOCn1cc(CCCN[C@@H]2C[C@H]2c2ccc(F)cc2)nc(N2CCS(=O)(=O)CC2)c1=O.Cl.O=c1[nH]cc(CCCN[C@@H]2C[C@H]2c2ccc(F)cc2)nc1N1CCS(=O)(=O)CC1. The van der Waals surface area contributed by atoms with Gasteiger partial charge in [0.2, 0.25) is 0 Å². The minimum absolute atomic E-state index is 0. The van der Waals surface area contributed by atoms with Crippen LogP contribution in [0.5, 0.6) is 0 Å². The molecule has 4 aliphatic rings. The van der Waals surface area contributed by atoms with Gasteiger partial charge >= 0.3 is 0 Å². The van der Waals surface area contributed by atoms with Gasteiger partial charge in [-0.3, -0.25) is 14.2 Å². The van der Waals surface area contributed by atoms with Crippen molar-refractivity contribution in [2.24, 2.45) is 0 Å². The van der Waals surface area contributed by atoms with Gasteiger partial charge < -0.3 is 30.2 Å². The van der Waals surface area contributed by atoms with Gasteiger partial charge in [-0.1, -0.05) is 43.9 Å². The zero-order chi connectivity index (χ0) is 47.1. The van der Waals surface area contributed by atoms with E-state index >= 15 is 0 Å². The number of nitrogens with zero attached hydrogens (tertiary/aromatic N) is 5. The number of halogens is 3. The van der Waals surface area contributed by atoms with Gasteiger partial charge in [0, 0.05) is 77.2 Å². The molecule has 4 heterocycles. The van der Waals surface area contributed by atoms with E-state index in [1.54, 1.807) is 26.8 Å². The van der Waals surface area contributed by atoms with Crippen LogP contribution in [0.1, 0.15) is 60.0 Å². The Labute approximate surface area is 399 Å². The molecule has 2 aromatic carbocycles. The lowest BCUT2D eigenvalue weighted by atomic mass is 10.1. The number of benzene rings is 2. The fourth-order valence-corrected chi connectivity index (χ4v) is 11.4. The second-order valence-electron chi connectivity index (χ2n) is 19.1. The van der Waals surface area contributed by atoms with Crippen molar-refractivity contribution >= 4 is 51.8 Å². The number of aromatic nitrogens is 4. The number of sulfone groups is 2. The highest BCUT2D eigenvalue weighted by atomic mass is 35.5. The molecule has 4 atom stereocenters. The summed E-state index contributed by atoms with van der Waals surface area (Å²) in [5, 5.41) is 7.09. The van der Waals surface area contributed by atoms with Gasteiger partial charge in [-0.05, 0) is 93.1 Å². The summed E-state index contributed by atoms with van der Waals surface area (Å²) in [5.41, 5.74) is 3.39. The van der Waals surface area contributed by atoms with Crippen LogP contribution in [-0.2, 0) is 44.0 Å². The first-order valence-corrected chi connectivity index (χ1v) is 30.4. The van der Waals surface area contributed by atoms with Crippen LogP contribution in [0.15, 0.2) is 70.5 Å². The molecule has 0 unspecified atom stereocenters. The number of nitrogens with one attached hydrogen (secondary N) is 3. The maximum absolute atomic E-state index is 13.2. The predicted molar refractivity (Wildman–Crippen MR) is 264 cm³/mol. The lowest BCUT2D eigenvalue weighted by molar-refractivity contribution is 0.0844. The van der Waals surface area contributed by atoms with Gasteiger partial charge in [0.05, 0.1) is 34.4 Å². The van der Waals surface area contributed by atoms with E-state index in [-0.39, 0.29) is 78.0 Å². The first-order chi connectivity index (χ1) is 31.4. The van der Waals surface area contributed by atoms with Gasteiger partial charge in [-0.2, -0.15) is 0 Å². The van der Waals surface area contributed by atoms with Gasteiger partial charge in [-0.25, -0.2) is 35.6 Å². The van der Waals surface area contributed by atoms with Crippen LogP contribution in [0.2, 0.25) is 25.7 Å². The third-order valence-electron chi connectivity index (χ3n) is 12.6. The molecule has 2 saturated carbocycles. The molecule has 0 bridgehead atoms. The quantitative estimate of drug-likeness (QED) is 0.0871. The third kappa shape index (κ3) is 15.7. The van der Waals surface area contributed by atoms with Crippen LogP contribution >= 0.6 is 12.4 Å². The smallest absolute Gasteiger partial charge is 0.295 e. The van der Waals surface area contributed by atoms with Crippen molar-refractivity contribution in [1.29, 1.82) is 0 Å². The monoisotopic (exact) mass is 1010 g/mol.